The van der Waals surface area contributed by atoms with Crippen LogP contribution in [-0.2, 0) is 4.74 Å². The number of hydrogen-bond acceptors (Lipinski definition) is 3. The molecule has 0 bridgehead atoms. The van der Waals surface area contributed by atoms with Crippen molar-refractivity contribution in [3.8, 4) is 5.75 Å². The van der Waals surface area contributed by atoms with E-state index in [1.165, 1.54) is 0 Å². The summed E-state index contributed by atoms with van der Waals surface area (Å²) in [5.41, 5.74) is 1.37. The molecular formula is C19H22ClNO3. The first-order chi connectivity index (χ1) is 11.6. The van der Waals surface area contributed by atoms with Gasteiger partial charge in [-0.15, -0.1) is 0 Å². The molecule has 0 saturated heterocycles. The smallest absolute Gasteiger partial charge is 0.255 e. The minimum Gasteiger partial charge on any atom is -0.490 e. The largest absolute Gasteiger partial charge is 0.490 e. The maximum atomic E-state index is 12.6. The number of carbonyl (C=O) groups is 1. The third-order valence-electron chi connectivity index (χ3n) is 3.54. The van der Waals surface area contributed by atoms with Crippen LogP contribution in [0.25, 0.3) is 0 Å². The van der Waals surface area contributed by atoms with Crippen LogP contribution in [0.3, 0.4) is 0 Å². The van der Waals surface area contributed by atoms with Crippen molar-refractivity contribution in [2.45, 2.75) is 19.9 Å². The number of ether oxygens (including phenoxy) is 2. The van der Waals surface area contributed by atoms with E-state index < -0.39 is 0 Å². The summed E-state index contributed by atoms with van der Waals surface area (Å²) in [7, 11) is 0. The monoisotopic (exact) mass is 347 g/mol. The quantitative estimate of drug-likeness (QED) is 0.726. The Morgan fingerprint density at radius 1 is 1.12 bits per heavy atom. The molecule has 0 heterocycles. The molecule has 128 valence electrons. The molecule has 4 nitrogen and oxygen atoms in total. The molecule has 0 fully saturated rings. The molecule has 5 heteroatoms. The van der Waals surface area contributed by atoms with Gasteiger partial charge in [-0.2, -0.15) is 0 Å². The van der Waals surface area contributed by atoms with E-state index in [1.54, 1.807) is 12.1 Å². The number of para-hydroxylation sites is 1. The minimum absolute atomic E-state index is 0.200. The zero-order chi connectivity index (χ0) is 17.4. The van der Waals surface area contributed by atoms with Crippen LogP contribution in [-0.4, -0.2) is 25.7 Å². The van der Waals surface area contributed by atoms with Crippen molar-refractivity contribution in [3.63, 3.8) is 0 Å². The van der Waals surface area contributed by atoms with Crippen LogP contribution in [0.1, 0.15) is 35.8 Å². The molecule has 0 radical (unpaired) electrons. The molecule has 2 rings (SSSR count). The molecular weight excluding hydrogens is 326 g/mol. The Morgan fingerprint density at radius 3 is 2.58 bits per heavy atom. The van der Waals surface area contributed by atoms with Crippen LogP contribution in [0.5, 0.6) is 5.75 Å². The van der Waals surface area contributed by atoms with Gasteiger partial charge in [0.2, 0.25) is 0 Å². The Labute approximate surface area is 147 Å². The highest BCUT2D eigenvalue weighted by Crippen LogP contribution is 2.24. The summed E-state index contributed by atoms with van der Waals surface area (Å²) in [5.74, 6) is 0.343. The molecule has 0 aliphatic rings. The molecule has 2 aromatic carbocycles. The van der Waals surface area contributed by atoms with Crippen molar-refractivity contribution in [3.05, 3.63) is 64.7 Å². The van der Waals surface area contributed by atoms with Gasteiger partial charge in [0, 0.05) is 11.6 Å². The van der Waals surface area contributed by atoms with E-state index in [0.717, 1.165) is 5.56 Å². The van der Waals surface area contributed by atoms with Crippen molar-refractivity contribution in [1.29, 1.82) is 0 Å². The van der Waals surface area contributed by atoms with Crippen LogP contribution in [0.2, 0.25) is 5.02 Å². The third-order valence-corrected chi connectivity index (χ3v) is 3.88. The zero-order valence-corrected chi connectivity index (χ0v) is 14.7. The number of hydrogen-bond donors (Lipinski definition) is 1. The van der Waals surface area contributed by atoms with Gasteiger partial charge in [-0.1, -0.05) is 41.9 Å². The highest BCUT2D eigenvalue weighted by molar-refractivity contribution is 6.31. The number of nitrogens with one attached hydrogen (secondary N) is 1. The summed E-state index contributed by atoms with van der Waals surface area (Å²) in [6.07, 6.45) is 0. The van der Waals surface area contributed by atoms with Crippen LogP contribution in [0, 0.1) is 0 Å². The fourth-order valence-corrected chi connectivity index (χ4v) is 2.61. The summed E-state index contributed by atoms with van der Waals surface area (Å²) < 4.78 is 10.9. The summed E-state index contributed by atoms with van der Waals surface area (Å²) in [6.45, 7) is 5.36. The molecule has 1 amide bonds. The van der Waals surface area contributed by atoms with E-state index in [9.17, 15) is 4.79 Å². The van der Waals surface area contributed by atoms with Crippen LogP contribution in [0.15, 0.2) is 48.5 Å². The standard InChI is InChI=1S/C19H22ClNO3/c1-3-23-12-13-24-18-11-7-5-9-16(18)19(22)21-14(2)15-8-4-6-10-17(15)20/h4-11,14H,3,12-13H2,1-2H3,(H,21,22). The lowest BCUT2D eigenvalue weighted by Gasteiger charge is -2.17. The van der Waals surface area contributed by atoms with Crippen molar-refractivity contribution in [2.24, 2.45) is 0 Å². The average Bonchev–Trinajstić information content (AvgIpc) is 2.59. The van der Waals surface area contributed by atoms with E-state index in [0.29, 0.717) is 36.2 Å². The number of rotatable bonds is 8. The first kappa shape index (κ1) is 18.3. The molecule has 1 unspecified atom stereocenters. The number of amides is 1. The first-order valence-electron chi connectivity index (χ1n) is 7.98. The lowest BCUT2D eigenvalue weighted by molar-refractivity contribution is 0.0923. The Kier molecular flexibility index (Phi) is 7.09. The lowest BCUT2D eigenvalue weighted by Crippen LogP contribution is -2.27. The Balaban J connectivity index is 2.05. The van der Waals surface area contributed by atoms with Crippen LogP contribution >= 0.6 is 11.6 Å². The Bertz CT molecular complexity index is 675. The fourth-order valence-electron chi connectivity index (χ4n) is 2.31. The molecule has 0 aliphatic carbocycles. The number of benzene rings is 2. The van der Waals surface area contributed by atoms with E-state index in [4.69, 9.17) is 21.1 Å². The topological polar surface area (TPSA) is 47.6 Å². The van der Waals surface area contributed by atoms with Gasteiger partial charge in [0.1, 0.15) is 12.4 Å². The lowest BCUT2D eigenvalue weighted by atomic mass is 10.1. The van der Waals surface area contributed by atoms with Crippen LogP contribution in [0.4, 0.5) is 0 Å². The van der Waals surface area contributed by atoms with Gasteiger partial charge in [0.05, 0.1) is 18.2 Å². The summed E-state index contributed by atoms with van der Waals surface area (Å²) >= 11 is 6.19. The molecule has 0 spiro atoms. The van der Waals surface area contributed by atoms with E-state index >= 15 is 0 Å². The highest BCUT2D eigenvalue weighted by atomic mass is 35.5. The highest BCUT2D eigenvalue weighted by Gasteiger charge is 2.16. The maximum Gasteiger partial charge on any atom is 0.255 e. The summed E-state index contributed by atoms with van der Waals surface area (Å²) in [6, 6.07) is 14.4. The second kappa shape index (κ2) is 9.30. The molecule has 2 aromatic rings. The third kappa shape index (κ3) is 4.98. The predicted molar refractivity (Wildman–Crippen MR) is 95.8 cm³/mol. The molecule has 1 atom stereocenters. The fraction of sp³-hybridized carbons (Fsp3) is 0.316. The first-order valence-corrected chi connectivity index (χ1v) is 8.36. The van der Waals surface area contributed by atoms with Gasteiger partial charge in [0.25, 0.3) is 5.91 Å². The van der Waals surface area contributed by atoms with Crippen molar-refractivity contribution < 1.29 is 14.3 Å². The molecule has 1 N–H and O–H groups in total. The zero-order valence-electron chi connectivity index (χ0n) is 13.9. The second-order valence-electron chi connectivity index (χ2n) is 5.26. The van der Waals surface area contributed by atoms with E-state index in [-0.39, 0.29) is 11.9 Å². The Hall–Kier alpha value is -2.04. The van der Waals surface area contributed by atoms with Gasteiger partial charge in [-0.25, -0.2) is 0 Å². The van der Waals surface area contributed by atoms with Gasteiger partial charge in [-0.3, -0.25) is 4.79 Å². The van der Waals surface area contributed by atoms with Crippen molar-refractivity contribution in [2.75, 3.05) is 19.8 Å². The van der Waals surface area contributed by atoms with Crippen LogP contribution < -0.4 is 10.1 Å². The van der Waals surface area contributed by atoms with Gasteiger partial charge >= 0.3 is 0 Å². The minimum atomic E-state index is -0.206. The number of halogens is 1. The molecule has 24 heavy (non-hydrogen) atoms. The van der Waals surface area contributed by atoms with E-state index in [2.05, 4.69) is 5.32 Å². The molecule has 0 saturated carbocycles. The average molecular weight is 348 g/mol. The predicted octanol–water partition coefficient (Wildman–Crippen LogP) is 4.25. The Morgan fingerprint density at radius 2 is 1.83 bits per heavy atom. The normalized spacial score (nSPS) is 11.8. The SMILES string of the molecule is CCOCCOc1ccccc1C(=O)NC(C)c1ccccc1Cl. The summed E-state index contributed by atoms with van der Waals surface area (Å²) in [5, 5.41) is 3.59. The molecule has 0 aliphatic heterocycles. The van der Waals surface area contributed by atoms with Crippen molar-refractivity contribution in [1.82, 2.24) is 5.32 Å². The molecule has 0 aromatic heterocycles. The van der Waals surface area contributed by atoms with E-state index in [1.807, 2.05) is 50.2 Å². The van der Waals surface area contributed by atoms with Gasteiger partial charge in [0.15, 0.2) is 0 Å². The second-order valence-corrected chi connectivity index (χ2v) is 5.67. The summed E-state index contributed by atoms with van der Waals surface area (Å²) in [4.78, 5) is 12.6. The number of carbonyl (C=O) groups excluding carboxylic acids is 1. The van der Waals surface area contributed by atoms with Crippen molar-refractivity contribution >= 4 is 17.5 Å². The maximum absolute atomic E-state index is 12.6. The van der Waals surface area contributed by atoms with Gasteiger partial charge in [-0.05, 0) is 37.6 Å². The van der Waals surface area contributed by atoms with Gasteiger partial charge < -0.3 is 14.8 Å².